The van der Waals surface area contributed by atoms with Crippen molar-refractivity contribution in [1.82, 2.24) is 9.80 Å². The Morgan fingerprint density at radius 2 is 1.84 bits per heavy atom. The van der Waals surface area contributed by atoms with E-state index < -0.39 is 0 Å². The van der Waals surface area contributed by atoms with Gasteiger partial charge in [-0.25, -0.2) is 0 Å². The average molecular weight is 345 g/mol. The molecule has 1 N–H and O–H groups in total. The molecule has 1 aromatic rings. The summed E-state index contributed by atoms with van der Waals surface area (Å²) in [6.07, 6.45) is 1.29. The van der Waals surface area contributed by atoms with Gasteiger partial charge >= 0.3 is 0 Å². The second kappa shape index (κ2) is 7.97. The number of piperazine rings is 1. The summed E-state index contributed by atoms with van der Waals surface area (Å²) in [4.78, 5) is 28.6. The number of likely N-dealkylation sites (N-methyl/N-ethyl adjacent to an activating group) is 1. The van der Waals surface area contributed by atoms with Crippen LogP contribution in [0.2, 0.25) is 0 Å². The third-order valence-electron chi connectivity index (χ3n) is 4.88. The Bertz CT molecular complexity index is 609. The first-order chi connectivity index (χ1) is 12.1. The van der Waals surface area contributed by atoms with Crippen molar-refractivity contribution in [3.63, 3.8) is 0 Å². The zero-order valence-electron chi connectivity index (χ0n) is 15.0. The average Bonchev–Trinajstić information content (AvgIpc) is 3.37. The number of hydrogen-bond donors (Lipinski definition) is 1. The highest BCUT2D eigenvalue weighted by Gasteiger charge is 2.43. The van der Waals surface area contributed by atoms with Gasteiger partial charge in [-0.15, -0.1) is 0 Å². The third-order valence-corrected chi connectivity index (χ3v) is 4.88. The number of nitrogens with zero attached hydrogens (tertiary/aromatic N) is 2. The lowest BCUT2D eigenvalue weighted by Crippen LogP contribution is -2.47. The first kappa shape index (κ1) is 17.9. The molecule has 2 atom stereocenters. The van der Waals surface area contributed by atoms with E-state index >= 15 is 0 Å². The number of carbonyl (C=O) groups excluding carboxylic acids is 2. The second-order valence-corrected chi connectivity index (χ2v) is 6.88. The summed E-state index contributed by atoms with van der Waals surface area (Å²) >= 11 is 0. The van der Waals surface area contributed by atoms with Crippen LogP contribution in [0.15, 0.2) is 24.3 Å². The molecule has 2 amide bonds. The van der Waals surface area contributed by atoms with Crippen LogP contribution in [0.3, 0.4) is 0 Å². The molecule has 25 heavy (non-hydrogen) atoms. The maximum Gasteiger partial charge on any atom is 0.230 e. The molecular formula is C19H27N3O3. The van der Waals surface area contributed by atoms with Crippen LogP contribution < -0.4 is 5.32 Å². The Hall–Kier alpha value is -1.92. The van der Waals surface area contributed by atoms with Crippen LogP contribution in [0.5, 0.6) is 0 Å². The highest BCUT2D eigenvalue weighted by atomic mass is 16.5. The molecular weight excluding hydrogens is 318 g/mol. The fraction of sp³-hybridized carbons (Fsp3) is 0.579. The number of hydrogen-bond acceptors (Lipinski definition) is 4. The number of amides is 2. The van der Waals surface area contributed by atoms with E-state index in [-0.39, 0.29) is 23.8 Å². The Kier molecular flexibility index (Phi) is 5.71. The Morgan fingerprint density at radius 3 is 2.48 bits per heavy atom. The van der Waals surface area contributed by atoms with Crippen LogP contribution in [0, 0.1) is 5.92 Å². The number of nitrogens with one attached hydrogen (secondary N) is 1. The molecule has 0 spiro atoms. The normalized spacial score (nSPS) is 23.4. The third kappa shape index (κ3) is 4.80. The molecule has 0 aromatic heterocycles. The van der Waals surface area contributed by atoms with E-state index in [0.29, 0.717) is 13.0 Å². The summed E-state index contributed by atoms with van der Waals surface area (Å²) < 4.78 is 5.45. The lowest BCUT2D eigenvalue weighted by atomic mass is 10.1. The maximum absolute atomic E-state index is 12.4. The molecule has 0 radical (unpaired) electrons. The first-order valence-corrected chi connectivity index (χ1v) is 9.04. The molecule has 0 bridgehead atoms. The van der Waals surface area contributed by atoms with Crippen molar-refractivity contribution in [2.75, 3.05) is 45.2 Å². The number of ether oxygens (including phenoxy) is 1. The number of rotatable bonds is 6. The monoisotopic (exact) mass is 345 g/mol. The SMILES string of the molecule is CCO[C@@H]1C[C@@H]1C(=O)Nc1ccc(CC(=O)N2CCN(C)CC2)cc1. The molecule has 1 aliphatic heterocycles. The predicted molar refractivity (Wildman–Crippen MR) is 96.4 cm³/mol. The van der Waals surface area contributed by atoms with Crippen molar-refractivity contribution in [3.05, 3.63) is 29.8 Å². The smallest absolute Gasteiger partial charge is 0.230 e. The maximum atomic E-state index is 12.4. The Labute approximate surface area is 149 Å². The minimum Gasteiger partial charge on any atom is -0.378 e. The first-order valence-electron chi connectivity index (χ1n) is 9.04. The van der Waals surface area contributed by atoms with Crippen LogP contribution in [-0.4, -0.2) is 67.6 Å². The van der Waals surface area contributed by atoms with Gasteiger partial charge in [0.2, 0.25) is 11.8 Å². The molecule has 3 rings (SSSR count). The Morgan fingerprint density at radius 1 is 1.16 bits per heavy atom. The predicted octanol–water partition coefficient (Wildman–Crippen LogP) is 1.37. The van der Waals surface area contributed by atoms with Gasteiger partial charge in [0.1, 0.15) is 0 Å². The van der Waals surface area contributed by atoms with Crippen molar-refractivity contribution in [2.45, 2.75) is 25.9 Å². The zero-order chi connectivity index (χ0) is 17.8. The van der Waals surface area contributed by atoms with E-state index in [0.717, 1.165) is 43.9 Å². The summed E-state index contributed by atoms with van der Waals surface area (Å²) in [5.74, 6) is 0.153. The summed E-state index contributed by atoms with van der Waals surface area (Å²) in [7, 11) is 2.08. The summed E-state index contributed by atoms with van der Waals surface area (Å²) in [6, 6.07) is 7.55. The van der Waals surface area contributed by atoms with Gasteiger partial charge in [-0.3, -0.25) is 9.59 Å². The molecule has 0 unspecified atom stereocenters. The molecule has 6 nitrogen and oxygen atoms in total. The number of anilines is 1. The van der Waals surface area contributed by atoms with E-state index in [2.05, 4.69) is 17.3 Å². The summed E-state index contributed by atoms with van der Waals surface area (Å²) in [5.41, 5.74) is 1.74. The fourth-order valence-electron chi connectivity index (χ4n) is 3.13. The highest BCUT2D eigenvalue weighted by Crippen LogP contribution is 2.34. The van der Waals surface area contributed by atoms with Crippen molar-refractivity contribution in [3.8, 4) is 0 Å². The van der Waals surface area contributed by atoms with Crippen molar-refractivity contribution in [2.24, 2.45) is 5.92 Å². The van der Waals surface area contributed by atoms with Crippen LogP contribution >= 0.6 is 0 Å². The minimum atomic E-state index is -0.0292. The van der Waals surface area contributed by atoms with Gasteiger partial charge in [0.05, 0.1) is 18.4 Å². The molecule has 136 valence electrons. The molecule has 1 heterocycles. The lowest BCUT2D eigenvalue weighted by molar-refractivity contribution is -0.132. The van der Waals surface area contributed by atoms with Gasteiger partial charge < -0.3 is 19.9 Å². The standard InChI is InChI=1S/C19H27N3O3/c1-3-25-17-13-16(17)19(24)20-15-6-4-14(5-7-15)12-18(23)22-10-8-21(2)9-11-22/h4-7,16-17H,3,8-13H2,1-2H3,(H,20,24)/t16-,17+/m0/s1. The van der Waals surface area contributed by atoms with Gasteiger partial charge in [0.25, 0.3) is 0 Å². The fourth-order valence-corrected chi connectivity index (χ4v) is 3.13. The van der Waals surface area contributed by atoms with Crippen molar-refractivity contribution in [1.29, 1.82) is 0 Å². The van der Waals surface area contributed by atoms with Crippen molar-refractivity contribution < 1.29 is 14.3 Å². The second-order valence-electron chi connectivity index (χ2n) is 6.88. The van der Waals surface area contributed by atoms with Crippen LogP contribution in [0.1, 0.15) is 18.9 Å². The Balaban J connectivity index is 1.47. The van der Waals surface area contributed by atoms with E-state index in [1.807, 2.05) is 36.1 Å². The lowest BCUT2D eigenvalue weighted by Gasteiger charge is -2.32. The molecule has 2 aliphatic rings. The van der Waals surface area contributed by atoms with Crippen LogP contribution in [-0.2, 0) is 20.7 Å². The molecule has 6 heteroatoms. The topological polar surface area (TPSA) is 61.9 Å². The van der Waals surface area contributed by atoms with Gasteiger partial charge in [0.15, 0.2) is 0 Å². The van der Waals surface area contributed by atoms with Crippen molar-refractivity contribution >= 4 is 17.5 Å². The molecule has 1 aliphatic carbocycles. The number of carbonyl (C=O) groups is 2. The molecule has 1 aromatic carbocycles. The van der Waals surface area contributed by atoms with E-state index in [9.17, 15) is 9.59 Å². The van der Waals surface area contributed by atoms with Gasteiger partial charge in [0, 0.05) is 38.5 Å². The highest BCUT2D eigenvalue weighted by molar-refractivity contribution is 5.94. The number of benzene rings is 1. The summed E-state index contributed by atoms with van der Waals surface area (Å²) in [6.45, 7) is 6.04. The molecule has 2 fully saturated rings. The quantitative estimate of drug-likeness (QED) is 0.846. The molecule has 1 saturated heterocycles. The largest absolute Gasteiger partial charge is 0.378 e. The van der Waals surface area contributed by atoms with Crippen LogP contribution in [0.4, 0.5) is 5.69 Å². The zero-order valence-corrected chi connectivity index (χ0v) is 15.0. The van der Waals surface area contributed by atoms with E-state index in [1.54, 1.807) is 0 Å². The van der Waals surface area contributed by atoms with Gasteiger partial charge in [-0.2, -0.15) is 0 Å². The van der Waals surface area contributed by atoms with Crippen LogP contribution in [0.25, 0.3) is 0 Å². The van der Waals surface area contributed by atoms with E-state index in [1.165, 1.54) is 0 Å². The minimum absolute atomic E-state index is 0.0136. The van der Waals surface area contributed by atoms with Gasteiger partial charge in [-0.05, 0) is 38.1 Å². The van der Waals surface area contributed by atoms with E-state index in [4.69, 9.17) is 4.74 Å². The summed E-state index contributed by atoms with van der Waals surface area (Å²) in [5, 5.41) is 2.92. The molecule has 1 saturated carbocycles. The van der Waals surface area contributed by atoms with Gasteiger partial charge in [-0.1, -0.05) is 12.1 Å².